The summed E-state index contributed by atoms with van der Waals surface area (Å²) < 4.78 is 0.864. The number of carboxylic acid groups (broad SMARTS) is 1. The fraction of sp³-hybridized carbons (Fsp3) is 0.333. The number of benzene rings is 1. The Kier molecular flexibility index (Phi) is 3.38. The predicted octanol–water partition coefficient (Wildman–Crippen LogP) is 3.60. The highest BCUT2D eigenvalue weighted by Crippen LogP contribution is 2.31. The Morgan fingerprint density at radius 3 is 2.70 bits per heavy atom. The van der Waals surface area contributed by atoms with E-state index in [1.165, 1.54) is 0 Å². The molecule has 1 aliphatic heterocycles. The molecule has 4 nitrogen and oxygen atoms in total. The van der Waals surface area contributed by atoms with Gasteiger partial charge in [-0.25, -0.2) is 9.78 Å². The van der Waals surface area contributed by atoms with Gasteiger partial charge in [0.25, 0.3) is 0 Å². The van der Waals surface area contributed by atoms with Crippen LogP contribution >= 0.6 is 15.9 Å². The highest BCUT2D eigenvalue weighted by Gasteiger charge is 2.22. The minimum atomic E-state index is -0.895. The molecule has 0 bridgehead atoms. The zero-order valence-corrected chi connectivity index (χ0v) is 12.8. The number of halogens is 1. The van der Waals surface area contributed by atoms with Crippen molar-refractivity contribution in [2.24, 2.45) is 0 Å². The number of anilines is 1. The molecule has 1 aromatic carbocycles. The maximum atomic E-state index is 11.7. The molecular formula is C15H15BrN2O2. The van der Waals surface area contributed by atoms with Crippen LogP contribution in [0.1, 0.15) is 28.8 Å². The SMILES string of the molecule is Cc1c(N2CCCC2)nc2ccc(Br)cc2c1C(=O)O. The first-order valence-electron chi connectivity index (χ1n) is 6.66. The maximum Gasteiger partial charge on any atom is 0.336 e. The first kappa shape index (κ1) is 13.4. The lowest BCUT2D eigenvalue weighted by Gasteiger charge is -2.21. The monoisotopic (exact) mass is 334 g/mol. The molecule has 0 aliphatic carbocycles. The summed E-state index contributed by atoms with van der Waals surface area (Å²) in [7, 11) is 0. The Bertz CT molecular complexity index is 694. The molecule has 2 heterocycles. The minimum absolute atomic E-state index is 0.359. The normalized spacial score (nSPS) is 15.0. The predicted molar refractivity (Wildman–Crippen MR) is 82.6 cm³/mol. The molecule has 20 heavy (non-hydrogen) atoms. The number of hydrogen-bond acceptors (Lipinski definition) is 3. The van der Waals surface area contributed by atoms with Gasteiger partial charge in [0.15, 0.2) is 0 Å². The Morgan fingerprint density at radius 1 is 1.35 bits per heavy atom. The lowest BCUT2D eigenvalue weighted by Crippen LogP contribution is -2.21. The largest absolute Gasteiger partial charge is 0.478 e. The van der Waals surface area contributed by atoms with Crippen LogP contribution in [0.2, 0.25) is 0 Å². The Hall–Kier alpha value is -1.62. The van der Waals surface area contributed by atoms with Crippen molar-refractivity contribution in [2.45, 2.75) is 19.8 Å². The minimum Gasteiger partial charge on any atom is -0.478 e. The van der Waals surface area contributed by atoms with Gasteiger partial charge in [-0.2, -0.15) is 0 Å². The van der Waals surface area contributed by atoms with Gasteiger partial charge in [0, 0.05) is 28.5 Å². The van der Waals surface area contributed by atoms with Crippen molar-refractivity contribution in [3.8, 4) is 0 Å². The van der Waals surface area contributed by atoms with Crippen molar-refractivity contribution < 1.29 is 9.90 Å². The first-order chi connectivity index (χ1) is 9.58. The van der Waals surface area contributed by atoms with Gasteiger partial charge in [-0.3, -0.25) is 0 Å². The van der Waals surface area contributed by atoms with Gasteiger partial charge in [0.2, 0.25) is 0 Å². The summed E-state index contributed by atoms with van der Waals surface area (Å²) in [5.41, 5.74) is 1.85. The molecule has 5 heteroatoms. The molecule has 0 spiro atoms. The molecule has 1 N–H and O–H groups in total. The van der Waals surface area contributed by atoms with E-state index in [0.717, 1.165) is 47.3 Å². The number of nitrogens with zero attached hydrogens (tertiary/aromatic N) is 2. The van der Waals surface area contributed by atoms with Gasteiger partial charge >= 0.3 is 5.97 Å². The first-order valence-corrected chi connectivity index (χ1v) is 7.45. The number of carboxylic acids is 1. The number of pyridine rings is 1. The van der Waals surface area contributed by atoms with Crippen LogP contribution in [0.3, 0.4) is 0 Å². The lowest BCUT2D eigenvalue weighted by atomic mass is 10.0. The lowest BCUT2D eigenvalue weighted by molar-refractivity contribution is 0.0698. The number of aromatic nitrogens is 1. The van der Waals surface area contributed by atoms with E-state index < -0.39 is 5.97 Å². The molecule has 2 aromatic rings. The van der Waals surface area contributed by atoms with E-state index in [9.17, 15) is 9.90 Å². The van der Waals surface area contributed by atoms with Gasteiger partial charge in [-0.05, 0) is 38.0 Å². The van der Waals surface area contributed by atoms with Gasteiger partial charge in [0.1, 0.15) is 5.82 Å². The van der Waals surface area contributed by atoms with E-state index in [1.54, 1.807) is 0 Å². The molecule has 0 atom stereocenters. The second-order valence-electron chi connectivity index (χ2n) is 5.10. The fourth-order valence-electron chi connectivity index (χ4n) is 2.83. The third kappa shape index (κ3) is 2.16. The molecule has 1 aromatic heterocycles. The molecular weight excluding hydrogens is 320 g/mol. The van der Waals surface area contributed by atoms with Crippen LogP contribution in [-0.2, 0) is 0 Å². The number of aromatic carboxylic acids is 1. The molecule has 1 fully saturated rings. The molecule has 1 saturated heterocycles. The number of hydrogen-bond donors (Lipinski definition) is 1. The number of fused-ring (bicyclic) bond motifs is 1. The molecule has 0 amide bonds. The van der Waals surface area contributed by atoms with Gasteiger partial charge in [-0.15, -0.1) is 0 Å². The standard InChI is InChI=1S/C15H15BrN2O2/c1-9-13(15(19)20)11-8-10(16)4-5-12(11)17-14(9)18-6-2-3-7-18/h4-5,8H,2-3,6-7H2,1H3,(H,19,20). The molecule has 0 unspecified atom stereocenters. The second-order valence-corrected chi connectivity index (χ2v) is 6.01. The number of carbonyl (C=O) groups is 1. The van der Waals surface area contributed by atoms with Crippen molar-refractivity contribution in [3.63, 3.8) is 0 Å². The maximum absolute atomic E-state index is 11.7. The average molecular weight is 335 g/mol. The highest BCUT2D eigenvalue weighted by molar-refractivity contribution is 9.10. The van der Waals surface area contributed by atoms with Crippen LogP contribution < -0.4 is 4.90 Å². The highest BCUT2D eigenvalue weighted by atomic mass is 79.9. The van der Waals surface area contributed by atoms with E-state index in [0.29, 0.717) is 10.9 Å². The van der Waals surface area contributed by atoms with Crippen LogP contribution in [-0.4, -0.2) is 29.1 Å². The topological polar surface area (TPSA) is 53.4 Å². The molecule has 3 rings (SSSR count). The van der Waals surface area contributed by atoms with Crippen molar-refractivity contribution >= 4 is 38.6 Å². The van der Waals surface area contributed by atoms with Crippen LogP contribution in [0, 0.1) is 6.92 Å². The second kappa shape index (κ2) is 5.05. The summed E-state index contributed by atoms with van der Waals surface area (Å²) in [6, 6.07) is 5.58. The van der Waals surface area contributed by atoms with Gasteiger partial charge < -0.3 is 10.0 Å². The van der Waals surface area contributed by atoms with Crippen LogP contribution in [0.4, 0.5) is 5.82 Å². The van der Waals surface area contributed by atoms with Crippen LogP contribution in [0.15, 0.2) is 22.7 Å². The summed E-state index contributed by atoms with van der Waals surface area (Å²) >= 11 is 3.39. The molecule has 0 radical (unpaired) electrons. The summed E-state index contributed by atoms with van der Waals surface area (Å²) in [4.78, 5) is 18.5. The zero-order chi connectivity index (χ0) is 14.3. The number of rotatable bonds is 2. The quantitative estimate of drug-likeness (QED) is 0.911. The third-order valence-corrected chi connectivity index (χ3v) is 4.28. The van der Waals surface area contributed by atoms with Crippen LogP contribution in [0.5, 0.6) is 0 Å². The van der Waals surface area contributed by atoms with E-state index in [-0.39, 0.29) is 0 Å². The van der Waals surface area contributed by atoms with E-state index in [2.05, 4.69) is 25.8 Å². The Morgan fingerprint density at radius 2 is 2.05 bits per heavy atom. The zero-order valence-electron chi connectivity index (χ0n) is 11.2. The molecule has 0 saturated carbocycles. The van der Waals surface area contributed by atoms with Crippen molar-refractivity contribution in [1.29, 1.82) is 0 Å². The smallest absolute Gasteiger partial charge is 0.336 e. The summed E-state index contributed by atoms with van der Waals surface area (Å²) in [6.07, 6.45) is 2.28. The average Bonchev–Trinajstić information content (AvgIpc) is 2.91. The van der Waals surface area contributed by atoms with E-state index in [4.69, 9.17) is 0 Å². The molecule has 104 valence electrons. The summed E-state index contributed by atoms with van der Waals surface area (Å²) in [6.45, 7) is 3.76. The third-order valence-electron chi connectivity index (χ3n) is 3.78. The van der Waals surface area contributed by atoms with Crippen molar-refractivity contribution in [1.82, 2.24) is 4.98 Å². The summed E-state index contributed by atoms with van der Waals surface area (Å²) in [5.74, 6) is -0.0804. The van der Waals surface area contributed by atoms with Crippen molar-refractivity contribution in [2.75, 3.05) is 18.0 Å². The van der Waals surface area contributed by atoms with E-state index >= 15 is 0 Å². The van der Waals surface area contributed by atoms with Crippen molar-refractivity contribution in [3.05, 3.63) is 33.8 Å². The fourth-order valence-corrected chi connectivity index (χ4v) is 3.19. The Labute approximate surface area is 125 Å². The van der Waals surface area contributed by atoms with Crippen LogP contribution in [0.25, 0.3) is 10.9 Å². The van der Waals surface area contributed by atoms with Gasteiger partial charge in [-0.1, -0.05) is 15.9 Å². The van der Waals surface area contributed by atoms with Gasteiger partial charge in [0.05, 0.1) is 11.1 Å². The Balaban J connectivity index is 2.30. The van der Waals surface area contributed by atoms with E-state index in [1.807, 2.05) is 25.1 Å². The molecule has 1 aliphatic rings. The summed E-state index contributed by atoms with van der Waals surface area (Å²) in [5, 5.41) is 10.2.